The van der Waals surface area contributed by atoms with Gasteiger partial charge in [0.05, 0.1) is 19.8 Å². The van der Waals surface area contributed by atoms with Crippen LogP contribution in [0.3, 0.4) is 0 Å². The Hall–Kier alpha value is -2.59. The predicted molar refractivity (Wildman–Crippen MR) is 263 cm³/mol. The van der Waals surface area contributed by atoms with Crippen LogP contribution in [0.25, 0.3) is 0 Å². The summed E-state index contributed by atoms with van der Waals surface area (Å²) in [6.45, 7) is 3.74. The van der Waals surface area contributed by atoms with Crippen molar-refractivity contribution in [1.82, 2.24) is 0 Å². The molecule has 0 amide bonds. The quantitative estimate of drug-likeness (QED) is 0.0233. The molecule has 0 bridgehead atoms. The number of phosphoric ester groups is 1. The molecule has 0 saturated carbocycles. The van der Waals surface area contributed by atoms with Gasteiger partial charge in [0.1, 0.15) is 12.1 Å². The summed E-state index contributed by atoms with van der Waals surface area (Å²) in [7, 11) is -4.63. The summed E-state index contributed by atoms with van der Waals surface area (Å²) in [6.07, 6.45) is 59.5. The van der Waals surface area contributed by atoms with Gasteiger partial charge in [-0.2, -0.15) is 0 Å². The number of hydrogen-bond donors (Lipinski definition) is 3. The van der Waals surface area contributed by atoms with Crippen LogP contribution in [0.2, 0.25) is 0 Å². The number of aliphatic carboxylic acids is 1. The highest BCUT2D eigenvalue weighted by Crippen LogP contribution is 2.43. The lowest BCUT2D eigenvalue weighted by molar-refractivity contribution is -0.154. The van der Waals surface area contributed by atoms with Crippen molar-refractivity contribution in [3.05, 3.63) is 72.9 Å². The summed E-state index contributed by atoms with van der Waals surface area (Å²) in [5.74, 6) is -1.80. The van der Waals surface area contributed by atoms with Crippen molar-refractivity contribution in [2.75, 3.05) is 26.4 Å². The molecule has 0 saturated heterocycles. The Labute approximate surface area is 384 Å². The second-order valence-corrected chi connectivity index (χ2v) is 18.0. The van der Waals surface area contributed by atoms with Crippen LogP contribution in [0.15, 0.2) is 72.9 Å². The molecular formula is C52H92NO9P. The Morgan fingerprint density at radius 3 is 1.38 bits per heavy atom. The summed E-state index contributed by atoms with van der Waals surface area (Å²) in [6, 6.07) is -1.48. The molecule has 0 aromatic rings. The van der Waals surface area contributed by atoms with Gasteiger partial charge in [0.25, 0.3) is 0 Å². The monoisotopic (exact) mass is 906 g/mol. The van der Waals surface area contributed by atoms with Crippen LogP contribution >= 0.6 is 7.82 Å². The Balaban J connectivity index is 4.19. The average molecular weight is 906 g/mol. The van der Waals surface area contributed by atoms with Crippen molar-refractivity contribution in [2.24, 2.45) is 5.73 Å². The fraction of sp³-hybridized carbons (Fsp3) is 0.731. The van der Waals surface area contributed by atoms with Gasteiger partial charge in [0, 0.05) is 13.0 Å². The first-order valence-electron chi connectivity index (χ1n) is 25.0. The Morgan fingerprint density at radius 2 is 0.921 bits per heavy atom. The molecule has 0 aliphatic rings. The lowest BCUT2D eigenvalue weighted by atomic mass is 10.1. The van der Waals surface area contributed by atoms with Crippen LogP contribution in [-0.2, 0) is 32.7 Å². The molecular weight excluding hydrogens is 814 g/mol. The molecule has 0 spiro atoms. The van der Waals surface area contributed by atoms with E-state index >= 15 is 0 Å². The molecule has 0 aromatic heterocycles. The molecule has 0 aliphatic carbocycles. The molecule has 0 rings (SSSR count). The third-order valence-corrected chi connectivity index (χ3v) is 11.4. The maximum atomic E-state index is 12.7. The highest BCUT2D eigenvalue weighted by molar-refractivity contribution is 7.47. The van der Waals surface area contributed by atoms with Crippen LogP contribution in [-0.4, -0.2) is 60.5 Å². The molecule has 4 N–H and O–H groups in total. The van der Waals surface area contributed by atoms with Crippen molar-refractivity contribution in [3.8, 4) is 0 Å². The van der Waals surface area contributed by atoms with Gasteiger partial charge in [-0.25, -0.2) is 4.57 Å². The number of nitrogens with two attached hydrogens (primary N) is 1. The van der Waals surface area contributed by atoms with Crippen LogP contribution in [0.4, 0.5) is 0 Å². The SMILES string of the molecule is CC/C=C\C/C=C\C/C=C\C/C=C\CCCCCCCCC(=O)OC(COCCCCCCCCCCCC/C=C\C/C=C\CCCCCCC)COP(=O)(O)OCC(N)C(=O)O. The third-order valence-electron chi connectivity index (χ3n) is 10.5. The lowest BCUT2D eigenvalue weighted by Gasteiger charge is -2.20. The minimum Gasteiger partial charge on any atom is -0.480 e. The number of carboxylic acid groups (broad SMARTS) is 1. The van der Waals surface area contributed by atoms with Gasteiger partial charge in [0.15, 0.2) is 0 Å². The van der Waals surface area contributed by atoms with E-state index in [-0.39, 0.29) is 13.0 Å². The summed E-state index contributed by atoms with van der Waals surface area (Å²) in [5, 5.41) is 8.93. The maximum Gasteiger partial charge on any atom is 0.472 e. The van der Waals surface area contributed by atoms with Crippen molar-refractivity contribution in [1.29, 1.82) is 0 Å². The number of phosphoric acid groups is 1. The Bertz CT molecular complexity index is 1280. The van der Waals surface area contributed by atoms with E-state index in [0.717, 1.165) is 89.9 Å². The molecule has 364 valence electrons. The number of carboxylic acids is 1. The van der Waals surface area contributed by atoms with E-state index in [1.165, 1.54) is 89.9 Å². The van der Waals surface area contributed by atoms with E-state index in [2.05, 4.69) is 86.8 Å². The Kier molecular flexibility index (Phi) is 45.4. The summed E-state index contributed by atoms with van der Waals surface area (Å²) < 4.78 is 33.5. The fourth-order valence-corrected chi connectivity index (χ4v) is 7.40. The topological polar surface area (TPSA) is 155 Å². The van der Waals surface area contributed by atoms with Crippen LogP contribution < -0.4 is 5.73 Å². The second-order valence-electron chi connectivity index (χ2n) is 16.6. The third kappa shape index (κ3) is 47.2. The summed E-state index contributed by atoms with van der Waals surface area (Å²) >= 11 is 0. The number of ether oxygens (including phenoxy) is 2. The van der Waals surface area contributed by atoms with Gasteiger partial charge >= 0.3 is 19.8 Å². The minimum atomic E-state index is -4.63. The number of carbonyl (C=O) groups excluding carboxylic acids is 1. The zero-order valence-electron chi connectivity index (χ0n) is 39.9. The van der Waals surface area contributed by atoms with Gasteiger partial charge in [-0.05, 0) is 83.5 Å². The van der Waals surface area contributed by atoms with Crippen LogP contribution in [0.1, 0.15) is 206 Å². The van der Waals surface area contributed by atoms with Crippen molar-refractivity contribution < 1.29 is 42.7 Å². The molecule has 3 unspecified atom stereocenters. The fourth-order valence-electron chi connectivity index (χ4n) is 6.63. The van der Waals surface area contributed by atoms with Crippen molar-refractivity contribution >= 4 is 19.8 Å². The first-order chi connectivity index (χ1) is 30.7. The predicted octanol–water partition coefficient (Wildman–Crippen LogP) is 14.5. The lowest BCUT2D eigenvalue weighted by Crippen LogP contribution is -2.34. The zero-order chi connectivity index (χ0) is 46.2. The average Bonchev–Trinajstić information content (AvgIpc) is 3.26. The number of esters is 1. The van der Waals surface area contributed by atoms with E-state index in [1.807, 2.05) is 0 Å². The van der Waals surface area contributed by atoms with Gasteiger partial charge in [-0.3, -0.25) is 18.6 Å². The van der Waals surface area contributed by atoms with E-state index < -0.39 is 45.1 Å². The number of unbranched alkanes of at least 4 members (excludes halogenated alkanes) is 21. The molecule has 0 heterocycles. The number of allylic oxidation sites excluding steroid dienone is 12. The zero-order valence-corrected chi connectivity index (χ0v) is 40.8. The Morgan fingerprint density at radius 1 is 0.524 bits per heavy atom. The highest BCUT2D eigenvalue weighted by Gasteiger charge is 2.27. The molecule has 0 fully saturated rings. The van der Waals surface area contributed by atoms with E-state index in [9.17, 15) is 19.0 Å². The van der Waals surface area contributed by atoms with Crippen LogP contribution in [0, 0.1) is 0 Å². The molecule has 63 heavy (non-hydrogen) atoms. The first-order valence-corrected chi connectivity index (χ1v) is 26.5. The van der Waals surface area contributed by atoms with Gasteiger partial charge in [-0.1, -0.05) is 189 Å². The van der Waals surface area contributed by atoms with Gasteiger partial charge in [-0.15, -0.1) is 0 Å². The molecule has 10 nitrogen and oxygen atoms in total. The normalized spacial score (nSPS) is 14.3. The standard InChI is InChI=1S/C52H92NO9P/c1-3-5-7-9-11-13-15-17-19-21-23-24-25-27-29-31-33-35-37-39-41-43-45-59-46-49(47-60-63(57,58)61-48-50(53)52(55)56)62-51(54)44-42-40-38-36-34-32-30-28-26-22-20-18-16-14-12-10-8-6-4-2/h6,8,12,14-15,17-18,20-21,23,26,28,49-50H,3-5,7,9-11,13,16,19,22,24-25,27,29-48,53H2,1-2H3,(H,55,56)(H,57,58)/b8-6-,14-12-,17-15-,20-18-,23-21-,28-26-. The molecule has 0 aliphatic heterocycles. The first kappa shape index (κ1) is 60.4. The van der Waals surface area contributed by atoms with Crippen LogP contribution in [0.5, 0.6) is 0 Å². The second kappa shape index (κ2) is 47.4. The largest absolute Gasteiger partial charge is 0.480 e. The van der Waals surface area contributed by atoms with Crippen molar-refractivity contribution in [2.45, 2.75) is 219 Å². The maximum absolute atomic E-state index is 12.7. The van der Waals surface area contributed by atoms with Gasteiger partial charge < -0.3 is 25.2 Å². The number of hydrogen-bond acceptors (Lipinski definition) is 8. The summed E-state index contributed by atoms with van der Waals surface area (Å²) in [5.41, 5.74) is 5.37. The summed E-state index contributed by atoms with van der Waals surface area (Å²) in [4.78, 5) is 33.7. The van der Waals surface area contributed by atoms with E-state index in [1.54, 1.807) is 0 Å². The minimum absolute atomic E-state index is 0.00571. The molecule has 11 heteroatoms. The molecule has 0 aromatic carbocycles. The van der Waals surface area contributed by atoms with Gasteiger partial charge in [0.2, 0.25) is 0 Å². The highest BCUT2D eigenvalue weighted by atomic mass is 31.2. The number of carbonyl (C=O) groups is 2. The smallest absolute Gasteiger partial charge is 0.472 e. The van der Waals surface area contributed by atoms with E-state index in [4.69, 9.17) is 29.4 Å². The molecule has 0 radical (unpaired) electrons. The number of rotatable bonds is 47. The molecule has 3 atom stereocenters. The van der Waals surface area contributed by atoms with E-state index in [0.29, 0.717) is 13.0 Å². The van der Waals surface area contributed by atoms with Crippen molar-refractivity contribution in [3.63, 3.8) is 0 Å².